The first kappa shape index (κ1) is 22.4. The Morgan fingerprint density at radius 3 is 2.65 bits per heavy atom. The maximum Gasteiger partial charge on any atom is 0.236 e. The number of benzene rings is 1. The van der Waals surface area contributed by atoms with Crippen molar-refractivity contribution in [2.24, 2.45) is 11.8 Å². The number of aliphatic hydroxyl groups is 1. The molecule has 1 N–H and O–H groups in total. The summed E-state index contributed by atoms with van der Waals surface area (Å²) < 4.78 is 5.14. The van der Waals surface area contributed by atoms with Gasteiger partial charge in [0.05, 0.1) is 25.7 Å². The maximum absolute atomic E-state index is 12.7. The number of ketones is 1. The number of carbonyl (C=O) groups is 3. The number of rotatable bonds is 8. The van der Waals surface area contributed by atoms with Gasteiger partial charge in [-0.15, -0.1) is 11.8 Å². The summed E-state index contributed by atoms with van der Waals surface area (Å²) in [6.07, 6.45) is 0.586. The third-order valence-corrected chi connectivity index (χ3v) is 8.00. The van der Waals surface area contributed by atoms with Gasteiger partial charge in [0.25, 0.3) is 0 Å². The Morgan fingerprint density at radius 1 is 1.32 bits per heavy atom. The number of Topliss-reactive ketones (excluding diaryl/α,β-unsaturated/α-hetero) is 1. The number of likely N-dealkylation sites (tertiary alicyclic amines) is 1. The molecule has 166 valence electrons. The van der Waals surface area contributed by atoms with Crippen molar-refractivity contribution >= 4 is 41.2 Å². The van der Waals surface area contributed by atoms with Gasteiger partial charge in [0.2, 0.25) is 11.0 Å². The molecule has 3 heterocycles. The van der Waals surface area contributed by atoms with Gasteiger partial charge in [-0.3, -0.25) is 24.2 Å². The lowest BCUT2D eigenvalue weighted by Crippen LogP contribution is -2.61. The maximum atomic E-state index is 12.7. The molecule has 2 fully saturated rings. The number of thiol groups is 1. The number of nitrogens with zero attached hydrogens (tertiary/aromatic N) is 2. The summed E-state index contributed by atoms with van der Waals surface area (Å²) in [5, 5.41) is 9.56. The molecule has 1 amide bonds. The summed E-state index contributed by atoms with van der Waals surface area (Å²) in [5.74, 6) is 0.121. The van der Waals surface area contributed by atoms with Crippen LogP contribution in [-0.4, -0.2) is 69.9 Å². The van der Waals surface area contributed by atoms with Crippen LogP contribution < -0.4 is 4.74 Å². The van der Waals surface area contributed by atoms with Gasteiger partial charge in [-0.1, -0.05) is 19.6 Å². The van der Waals surface area contributed by atoms with E-state index in [0.717, 1.165) is 17.9 Å². The van der Waals surface area contributed by atoms with Crippen LogP contribution in [0.3, 0.4) is 0 Å². The zero-order valence-corrected chi connectivity index (χ0v) is 19.2. The zero-order chi connectivity index (χ0) is 22.3. The standard InChI is InChI=1S/C22H26N2O5S2/c1-3-15(25)17-20(27)24-18(22(28)30)19(31-21(17)24)13-8-9-23(10-13)11-16(26)12-4-6-14(29-2)7-5-12/h4-7,13,15,17,21,25H,3,8-11H2,1-2H3,(H,28,30)/t13?,15-,17+,21+/m0/s1. The SMILES string of the molecule is CC[C@H](O)[C@@H]1C(=O)N2C(C(=O)S)=C(C3CCN(CC(=O)c4ccc(OC)cc4)C3)S[C@H]12. The summed E-state index contributed by atoms with van der Waals surface area (Å²) in [4.78, 5) is 42.0. The molecule has 0 aliphatic carbocycles. The van der Waals surface area contributed by atoms with Gasteiger partial charge in [-0.05, 0) is 43.7 Å². The van der Waals surface area contributed by atoms with Crippen LogP contribution in [0.1, 0.15) is 30.1 Å². The van der Waals surface area contributed by atoms with Crippen molar-refractivity contribution in [2.75, 3.05) is 26.7 Å². The zero-order valence-electron chi connectivity index (χ0n) is 17.5. The first-order valence-corrected chi connectivity index (χ1v) is 11.7. The quantitative estimate of drug-likeness (QED) is 0.348. The Bertz CT molecular complexity index is 932. The monoisotopic (exact) mass is 462 g/mol. The number of amides is 1. The van der Waals surface area contributed by atoms with Gasteiger partial charge in [0, 0.05) is 22.9 Å². The van der Waals surface area contributed by atoms with E-state index in [1.807, 2.05) is 6.92 Å². The summed E-state index contributed by atoms with van der Waals surface area (Å²) in [5.41, 5.74) is 0.993. The summed E-state index contributed by atoms with van der Waals surface area (Å²) in [6, 6.07) is 7.06. The van der Waals surface area contributed by atoms with Gasteiger partial charge < -0.3 is 9.84 Å². The van der Waals surface area contributed by atoms with E-state index in [4.69, 9.17) is 4.74 Å². The highest BCUT2D eigenvalue weighted by molar-refractivity contribution is 8.04. The Kier molecular flexibility index (Phi) is 6.48. The fourth-order valence-electron chi connectivity index (χ4n) is 4.52. The van der Waals surface area contributed by atoms with Crippen molar-refractivity contribution in [3.63, 3.8) is 0 Å². The van der Waals surface area contributed by atoms with E-state index in [2.05, 4.69) is 17.5 Å². The van der Waals surface area contributed by atoms with Crippen molar-refractivity contribution in [3.05, 3.63) is 40.4 Å². The second-order valence-electron chi connectivity index (χ2n) is 8.11. The fraction of sp³-hybridized carbons (Fsp3) is 0.500. The van der Waals surface area contributed by atoms with Crippen molar-refractivity contribution < 1.29 is 24.2 Å². The van der Waals surface area contributed by atoms with Crippen molar-refractivity contribution in [3.8, 4) is 5.75 Å². The molecule has 0 spiro atoms. The van der Waals surface area contributed by atoms with E-state index in [-0.39, 0.29) is 23.0 Å². The molecule has 4 rings (SSSR count). The number of methoxy groups -OCH3 is 1. The predicted octanol–water partition coefficient (Wildman–Crippen LogP) is 2.17. The summed E-state index contributed by atoms with van der Waals surface area (Å²) in [6.45, 7) is 3.52. The molecular weight excluding hydrogens is 436 g/mol. The first-order chi connectivity index (χ1) is 14.8. The lowest BCUT2D eigenvalue weighted by Gasteiger charge is -2.44. The second kappa shape index (κ2) is 8.97. The molecule has 0 radical (unpaired) electrons. The molecular formula is C22H26N2O5S2. The molecule has 4 atom stereocenters. The molecule has 1 unspecified atom stereocenters. The highest BCUT2D eigenvalue weighted by Crippen LogP contribution is 2.54. The molecule has 9 heteroatoms. The van der Waals surface area contributed by atoms with Crippen LogP contribution in [0.4, 0.5) is 0 Å². The van der Waals surface area contributed by atoms with Crippen molar-refractivity contribution in [1.82, 2.24) is 9.80 Å². The molecule has 2 saturated heterocycles. The molecule has 3 aliphatic rings. The highest BCUT2D eigenvalue weighted by atomic mass is 32.2. The Morgan fingerprint density at radius 2 is 2.03 bits per heavy atom. The number of ether oxygens (including phenoxy) is 1. The Hall–Kier alpha value is -1.81. The second-order valence-corrected chi connectivity index (χ2v) is 9.67. The van der Waals surface area contributed by atoms with Crippen LogP contribution in [0.5, 0.6) is 5.75 Å². The van der Waals surface area contributed by atoms with E-state index >= 15 is 0 Å². The van der Waals surface area contributed by atoms with Crippen LogP contribution in [0.15, 0.2) is 34.9 Å². The lowest BCUT2D eigenvalue weighted by atomic mass is 9.89. The minimum absolute atomic E-state index is 0.0342. The van der Waals surface area contributed by atoms with Gasteiger partial charge >= 0.3 is 0 Å². The highest BCUT2D eigenvalue weighted by Gasteiger charge is 2.58. The van der Waals surface area contributed by atoms with Gasteiger partial charge in [0.15, 0.2) is 5.78 Å². The smallest absolute Gasteiger partial charge is 0.236 e. The summed E-state index contributed by atoms with van der Waals surface area (Å²) in [7, 11) is 1.59. The first-order valence-electron chi connectivity index (χ1n) is 10.4. The van der Waals surface area contributed by atoms with Gasteiger partial charge in [-0.2, -0.15) is 0 Å². The van der Waals surface area contributed by atoms with E-state index in [9.17, 15) is 19.5 Å². The molecule has 0 saturated carbocycles. The van der Waals surface area contributed by atoms with Crippen molar-refractivity contribution in [2.45, 2.75) is 31.2 Å². The van der Waals surface area contributed by atoms with Crippen LogP contribution in [0, 0.1) is 11.8 Å². The molecule has 0 bridgehead atoms. The largest absolute Gasteiger partial charge is 0.497 e. The summed E-state index contributed by atoms with van der Waals surface area (Å²) >= 11 is 5.52. The van der Waals surface area contributed by atoms with Crippen LogP contribution >= 0.6 is 24.4 Å². The van der Waals surface area contributed by atoms with E-state index in [0.29, 0.717) is 36.5 Å². The molecule has 1 aromatic rings. The average Bonchev–Trinajstić information content (AvgIpc) is 3.36. The predicted molar refractivity (Wildman–Crippen MR) is 121 cm³/mol. The topological polar surface area (TPSA) is 87.2 Å². The fourth-order valence-corrected chi connectivity index (χ4v) is 6.53. The number of carbonyl (C=O) groups excluding carboxylic acids is 3. The van der Waals surface area contributed by atoms with Crippen LogP contribution in [0.25, 0.3) is 0 Å². The normalized spacial score (nSPS) is 26.6. The molecule has 0 aromatic heterocycles. The Labute approximate surface area is 191 Å². The average molecular weight is 463 g/mol. The number of hydrogen-bond donors (Lipinski definition) is 2. The van der Waals surface area contributed by atoms with Crippen LogP contribution in [-0.2, 0) is 9.59 Å². The van der Waals surface area contributed by atoms with Gasteiger partial charge in [0.1, 0.15) is 16.8 Å². The number of β-lactam (4-membered cyclic amide) rings is 1. The molecule has 7 nitrogen and oxygen atoms in total. The third kappa shape index (κ3) is 4.04. The van der Waals surface area contributed by atoms with E-state index in [1.165, 1.54) is 16.7 Å². The number of aliphatic hydroxyl groups excluding tert-OH is 1. The molecule has 31 heavy (non-hydrogen) atoms. The third-order valence-electron chi connectivity index (χ3n) is 6.26. The minimum Gasteiger partial charge on any atom is -0.497 e. The molecule has 3 aliphatic heterocycles. The van der Waals surface area contributed by atoms with Gasteiger partial charge in [-0.25, -0.2) is 0 Å². The van der Waals surface area contributed by atoms with E-state index < -0.39 is 17.1 Å². The molecule has 1 aromatic carbocycles. The van der Waals surface area contributed by atoms with Crippen LogP contribution in [0.2, 0.25) is 0 Å². The van der Waals surface area contributed by atoms with Crippen molar-refractivity contribution in [1.29, 1.82) is 0 Å². The number of hydrogen-bond acceptors (Lipinski definition) is 7. The minimum atomic E-state index is -0.709. The Balaban J connectivity index is 1.44. The van der Waals surface area contributed by atoms with E-state index in [1.54, 1.807) is 31.4 Å². The lowest BCUT2D eigenvalue weighted by molar-refractivity contribution is -0.154. The number of fused-ring (bicyclic) bond motifs is 1. The number of thioether (sulfide) groups is 1.